The molecule has 1 unspecified atom stereocenters. The summed E-state index contributed by atoms with van der Waals surface area (Å²) >= 11 is 3.78. The van der Waals surface area contributed by atoms with E-state index >= 15 is 0 Å². The van der Waals surface area contributed by atoms with Crippen LogP contribution < -0.4 is 5.32 Å². The molecular formula is C21H24BrN. The molecule has 23 heavy (non-hydrogen) atoms. The highest BCUT2D eigenvalue weighted by atomic mass is 79.9. The Bertz CT molecular complexity index is 675. The topological polar surface area (TPSA) is 12.0 Å². The molecule has 1 aromatic rings. The van der Waals surface area contributed by atoms with Gasteiger partial charge in [0, 0.05) is 10.4 Å². The van der Waals surface area contributed by atoms with Crippen molar-refractivity contribution in [2.45, 2.75) is 25.7 Å². The number of hydrogen-bond acceptors (Lipinski definition) is 1. The second-order valence-corrected chi connectivity index (χ2v) is 7.17. The zero-order valence-electron chi connectivity index (χ0n) is 13.7. The Labute approximate surface area is 148 Å². The van der Waals surface area contributed by atoms with Gasteiger partial charge >= 0.3 is 0 Å². The number of nitrogens with one attached hydrogen (secondary N) is 1. The number of benzene rings is 1. The van der Waals surface area contributed by atoms with E-state index in [1.807, 2.05) is 6.92 Å². The van der Waals surface area contributed by atoms with Crippen LogP contribution in [0.25, 0.3) is 6.08 Å². The number of rotatable bonds is 2. The molecule has 0 saturated carbocycles. The van der Waals surface area contributed by atoms with Gasteiger partial charge in [-0.15, -0.1) is 0 Å². The van der Waals surface area contributed by atoms with Gasteiger partial charge in [0.05, 0.1) is 0 Å². The number of halogens is 1. The van der Waals surface area contributed by atoms with E-state index in [2.05, 4.69) is 76.4 Å². The Balaban J connectivity index is 2.10. The first-order valence-corrected chi connectivity index (χ1v) is 9.21. The lowest BCUT2D eigenvalue weighted by Gasteiger charge is -2.33. The molecular weight excluding hydrogens is 346 g/mol. The van der Waals surface area contributed by atoms with E-state index in [9.17, 15) is 0 Å². The first-order chi connectivity index (χ1) is 11.2. The fourth-order valence-electron chi connectivity index (χ4n) is 3.74. The molecule has 1 saturated heterocycles. The first kappa shape index (κ1) is 16.5. The summed E-state index contributed by atoms with van der Waals surface area (Å²) in [7, 11) is 0. The summed E-state index contributed by atoms with van der Waals surface area (Å²) in [6, 6.07) is 8.78. The fourth-order valence-corrected chi connectivity index (χ4v) is 4.38. The fraction of sp³-hybridized carbons (Fsp3) is 0.333. The third-order valence-corrected chi connectivity index (χ3v) is 5.56. The van der Waals surface area contributed by atoms with Gasteiger partial charge in [-0.05, 0) is 67.1 Å². The smallest absolute Gasteiger partial charge is 0.0256 e. The summed E-state index contributed by atoms with van der Waals surface area (Å²) in [5.41, 5.74) is 5.20. The quantitative estimate of drug-likeness (QED) is 0.717. The zero-order chi connectivity index (χ0) is 16.2. The predicted molar refractivity (Wildman–Crippen MR) is 104 cm³/mol. The average molecular weight is 370 g/mol. The van der Waals surface area contributed by atoms with Crippen molar-refractivity contribution < 1.29 is 0 Å². The molecule has 0 bridgehead atoms. The Morgan fingerprint density at radius 3 is 2.70 bits per heavy atom. The molecule has 1 N–H and O–H groups in total. The van der Waals surface area contributed by atoms with E-state index in [0.29, 0.717) is 11.8 Å². The van der Waals surface area contributed by atoms with E-state index in [-0.39, 0.29) is 0 Å². The standard InChI is InChI=1S/C21H24BrN/c1-3-4-8-18-15(2)21(16-10-12-23-13-11-16)19-9-6-5-7-17(19)14-20(18)22/h3-9,14,16,21,23H,2,10-13H2,1H3/b4-3-,18-8+. The Kier molecular flexibility index (Phi) is 5.34. The monoisotopic (exact) mass is 369 g/mol. The van der Waals surface area contributed by atoms with Crippen LogP contribution in [-0.4, -0.2) is 13.1 Å². The van der Waals surface area contributed by atoms with Gasteiger partial charge in [0.25, 0.3) is 0 Å². The summed E-state index contributed by atoms with van der Waals surface area (Å²) < 4.78 is 1.13. The molecule has 1 aromatic carbocycles. The highest BCUT2D eigenvalue weighted by Gasteiger charge is 2.31. The Morgan fingerprint density at radius 2 is 1.96 bits per heavy atom. The van der Waals surface area contributed by atoms with Crippen LogP contribution in [0.1, 0.15) is 36.8 Å². The van der Waals surface area contributed by atoms with Crippen LogP contribution in [0.15, 0.2) is 64.7 Å². The molecule has 1 aliphatic heterocycles. The van der Waals surface area contributed by atoms with Crippen molar-refractivity contribution in [2.24, 2.45) is 5.92 Å². The van der Waals surface area contributed by atoms with Gasteiger partial charge in [-0.1, -0.05) is 65.0 Å². The van der Waals surface area contributed by atoms with Crippen molar-refractivity contribution in [3.05, 3.63) is 75.8 Å². The number of hydrogen-bond donors (Lipinski definition) is 1. The molecule has 2 aliphatic rings. The predicted octanol–water partition coefficient (Wildman–Crippen LogP) is 5.58. The number of piperidine rings is 1. The van der Waals surface area contributed by atoms with Crippen LogP contribution in [-0.2, 0) is 0 Å². The maximum absolute atomic E-state index is 4.52. The molecule has 3 rings (SSSR count). The van der Waals surface area contributed by atoms with Gasteiger partial charge in [0.15, 0.2) is 0 Å². The van der Waals surface area contributed by atoms with Crippen LogP contribution in [0.2, 0.25) is 0 Å². The third kappa shape index (κ3) is 3.44. The molecule has 1 atom stereocenters. The normalized spacial score (nSPS) is 24.6. The van der Waals surface area contributed by atoms with Crippen molar-refractivity contribution in [1.29, 1.82) is 0 Å². The highest BCUT2D eigenvalue weighted by Crippen LogP contribution is 2.46. The SMILES string of the molecule is C=C1/C(=C\C=C/C)C(Br)=Cc2ccccc2C1C1CCNCC1. The van der Waals surface area contributed by atoms with Gasteiger partial charge in [-0.2, -0.15) is 0 Å². The van der Waals surface area contributed by atoms with Gasteiger partial charge in [0.2, 0.25) is 0 Å². The van der Waals surface area contributed by atoms with Gasteiger partial charge in [-0.25, -0.2) is 0 Å². The van der Waals surface area contributed by atoms with E-state index < -0.39 is 0 Å². The zero-order valence-corrected chi connectivity index (χ0v) is 15.3. The lowest BCUT2D eigenvalue weighted by molar-refractivity contribution is 0.341. The molecule has 1 nitrogen and oxygen atoms in total. The maximum Gasteiger partial charge on any atom is 0.0256 e. The van der Waals surface area contributed by atoms with Crippen molar-refractivity contribution in [1.82, 2.24) is 5.32 Å². The summed E-state index contributed by atoms with van der Waals surface area (Å²) in [6.07, 6.45) is 11.0. The Hall–Kier alpha value is -1.38. The summed E-state index contributed by atoms with van der Waals surface area (Å²) in [6.45, 7) is 8.79. The summed E-state index contributed by atoms with van der Waals surface area (Å²) in [5, 5.41) is 3.48. The minimum atomic E-state index is 0.399. The van der Waals surface area contributed by atoms with Crippen molar-refractivity contribution in [3.8, 4) is 0 Å². The average Bonchev–Trinajstić information content (AvgIpc) is 2.67. The molecule has 120 valence electrons. The van der Waals surface area contributed by atoms with Gasteiger partial charge in [-0.3, -0.25) is 0 Å². The summed E-state index contributed by atoms with van der Waals surface area (Å²) in [4.78, 5) is 0. The van der Waals surface area contributed by atoms with Gasteiger partial charge < -0.3 is 5.32 Å². The minimum absolute atomic E-state index is 0.399. The van der Waals surface area contributed by atoms with E-state index in [1.54, 1.807) is 0 Å². The van der Waals surface area contributed by atoms with E-state index in [1.165, 1.54) is 35.1 Å². The van der Waals surface area contributed by atoms with Crippen LogP contribution in [0.5, 0.6) is 0 Å². The molecule has 2 heteroatoms. The van der Waals surface area contributed by atoms with Crippen molar-refractivity contribution >= 4 is 22.0 Å². The number of fused-ring (bicyclic) bond motifs is 1. The van der Waals surface area contributed by atoms with Gasteiger partial charge in [0.1, 0.15) is 0 Å². The third-order valence-electron chi connectivity index (χ3n) is 4.90. The summed E-state index contributed by atoms with van der Waals surface area (Å²) in [5.74, 6) is 1.06. The Morgan fingerprint density at radius 1 is 1.22 bits per heavy atom. The molecule has 1 fully saturated rings. The molecule has 1 heterocycles. The first-order valence-electron chi connectivity index (χ1n) is 8.41. The molecule has 1 aliphatic carbocycles. The number of allylic oxidation sites excluding steroid dienone is 6. The van der Waals surface area contributed by atoms with Crippen LogP contribution in [0.3, 0.4) is 0 Å². The van der Waals surface area contributed by atoms with Crippen molar-refractivity contribution in [3.63, 3.8) is 0 Å². The second kappa shape index (κ2) is 7.46. The highest BCUT2D eigenvalue weighted by molar-refractivity contribution is 9.12. The second-order valence-electron chi connectivity index (χ2n) is 6.32. The van der Waals surface area contributed by atoms with Crippen LogP contribution >= 0.6 is 15.9 Å². The molecule has 0 amide bonds. The lowest BCUT2D eigenvalue weighted by Crippen LogP contribution is -2.31. The van der Waals surface area contributed by atoms with Crippen LogP contribution in [0.4, 0.5) is 0 Å². The van der Waals surface area contributed by atoms with Crippen LogP contribution in [0, 0.1) is 5.92 Å². The van der Waals surface area contributed by atoms with E-state index in [4.69, 9.17) is 0 Å². The lowest BCUT2D eigenvalue weighted by atomic mass is 9.74. The molecule has 0 aromatic heterocycles. The maximum atomic E-state index is 4.52. The molecule has 0 spiro atoms. The van der Waals surface area contributed by atoms with Crippen molar-refractivity contribution in [2.75, 3.05) is 13.1 Å². The minimum Gasteiger partial charge on any atom is -0.317 e. The van der Waals surface area contributed by atoms with E-state index in [0.717, 1.165) is 17.6 Å². The molecule has 0 radical (unpaired) electrons. The largest absolute Gasteiger partial charge is 0.317 e.